The van der Waals surface area contributed by atoms with Crippen LogP contribution in [0.3, 0.4) is 0 Å². The molecule has 0 aliphatic heterocycles. The van der Waals surface area contributed by atoms with E-state index < -0.39 is 5.76 Å². The zero-order valence-corrected chi connectivity index (χ0v) is 10.5. The lowest BCUT2D eigenvalue weighted by atomic mass is 10.2. The second-order valence-electron chi connectivity index (χ2n) is 4.06. The Morgan fingerprint density at radius 2 is 2.11 bits per heavy atom. The summed E-state index contributed by atoms with van der Waals surface area (Å²) in [5, 5.41) is 3.78. The maximum absolute atomic E-state index is 11.6. The molecule has 0 bridgehead atoms. The normalized spacial score (nSPS) is 10.6. The molecule has 0 aliphatic carbocycles. The SMILES string of the molecule is Cc1nn(CC(=O)COCc2ccccc2)c(=O)o1. The number of ether oxygens (including phenoxy) is 1. The molecule has 100 valence electrons. The third kappa shape index (κ3) is 3.89. The van der Waals surface area contributed by atoms with Crippen LogP contribution in [0.25, 0.3) is 0 Å². The molecule has 0 spiro atoms. The van der Waals surface area contributed by atoms with E-state index in [1.54, 1.807) is 6.92 Å². The first-order valence-electron chi connectivity index (χ1n) is 5.83. The van der Waals surface area contributed by atoms with Gasteiger partial charge in [-0.05, 0) is 5.56 Å². The number of aromatic nitrogens is 2. The molecule has 0 fully saturated rings. The lowest BCUT2D eigenvalue weighted by Crippen LogP contribution is -2.24. The van der Waals surface area contributed by atoms with Crippen LogP contribution in [0, 0.1) is 6.92 Å². The summed E-state index contributed by atoms with van der Waals surface area (Å²) in [5.41, 5.74) is 0.991. The average molecular weight is 262 g/mol. The maximum Gasteiger partial charge on any atom is 0.437 e. The van der Waals surface area contributed by atoms with Crippen LogP contribution in [-0.4, -0.2) is 22.2 Å². The molecule has 2 aromatic rings. The fraction of sp³-hybridized carbons (Fsp3) is 0.308. The van der Waals surface area contributed by atoms with E-state index in [9.17, 15) is 9.59 Å². The minimum Gasteiger partial charge on any atom is -0.393 e. The Bertz CT molecular complexity index is 601. The monoisotopic (exact) mass is 262 g/mol. The van der Waals surface area contributed by atoms with Gasteiger partial charge in [0.1, 0.15) is 13.2 Å². The van der Waals surface area contributed by atoms with Gasteiger partial charge in [0, 0.05) is 6.92 Å². The number of ketones is 1. The summed E-state index contributed by atoms with van der Waals surface area (Å²) in [4.78, 5) is 22.8. The van der Waals surface area contributed by atoms with Crippen molar-refractivity contribution in [1.29, 1.82) is 0 Å². The fourth-order valence-corrected chi connectivity index (χ4v) is 1.58. The van der Waals surface area contributed by atoms with Crippen molar-refractivity contribution >= 4 is 5.78 Å². The van der Waals surface area contributed by atoms with Gasteiger partial charge in [-0.15, -0.1) is 5.10 Å². The molecule has 0 aliphatic rings. The Labute approximate surface area is 109 Å². The highest BCUT2D eigenvalue weighted by Gasteiger charge is 2.09. The first-order chi connectivity index (χ1) is 9.15. The van der Waals surface area contributed by atoms with Crippen LogP contribution in [0.4, 0.5) is 0 Å². The van der Waals surface area contributed by atoms with Gasteiger partial charge in [-0.1, -0.05) is 30.3 Å². The molecule has 0 radical (unpaired) electrons. The molecule has 0 amide bonds. The summed E-state index contributed by atoms with van der Waals surface area (Å²) in [6, 6.07) is 9.54. The Hall–Kier alpha value is -2.21. The third-order valence-electron chi connectivity index (χ3n) is 2.41. The van der Waals surface area contributed by atoms with Crippen molar-refractivity contribution < 1.29 is 13.9 Å². The van der Waals surface area contributed by atoms with E-state index >= 15 is 0 Å². The van der Waals surface area contributed by atoms with E-state index in [0.717, 1.165) is 10.2 Å². The molecule has 1 aromatic heterocycles. The third-order valence-corrected chi connectivity index (χ3v) is 2.41. The Kier molecular flexibility index (Phi) is 4.25. The molecular formula is C13H14N2O4. The molecule has 2 rings (SSSR count). The number of hydrogen-bond donors (Lipinski definition) is 0. The number of benzene rings is 1. The van der Waals surface area contributed by atoms with Gasteiger partial charge in [-0.3, -0.25) is 4.79 Å². The number of hydrogen-bond acceptors (Lipinski definition) is 5. The number of carbonyl (C=O) groups is 1. The van der Waals surface area contributed by atoms with E-state index in [1.165, 1.54) is 0 Å². The summed E-state index contributed by atoms with van der Waals surface area (Å²) in [5.74, 6) is -0.622. The minimum atomic E-state index is -0.631. The molecule has 1 heterocycles. The Morgan fingerprint density at radius 1 is 1.37 bits per heavy atom. The van der Waals surface area contributed by atoms with Gasteiger partial charge < -0.3 is 9.15 Å². The number of nitrogens with zero attached hydrogens (tertiary/aromatic N) is 2. The zero-order chi connectivity index (χ0) is 13.7. The van der Waals surface area contributed by atoms with Gasteiger partial charge in [0.05, 0.1) is 6.61 Å². The Morgan fingerprint density at radius 3 is 2.74 bits per heavy atom. The lowest BCUT2D eigenvalue weighted by Gasteiger charge is -2.03. The second kappa shape index (κ2) is 6.10. The number of carbonyl (C=O) groups excluding carboxylic acids is 1. The quantitative estimate of drug-likeness (QED) is 0.774. The smallest absolute Gasteiger partial charge is 0.393 e. The molecule has 0 saturated heterocycles. The van der Waals surface area contributed by atoms with Gasteiger partial charge in [-0.2, -0.15) is 4.68 Å². The summed E-state index contributed by atoms with van der Waals surface area (Å²) in [6.45, 7) is 1.71. The highest BCUT2D eigenvalue weighted by molar-refractivity contribution is 5.79. The predicted molar refractivity (Wildman–Crippen MR) is 66.6 cm³/mol. The van der Waals surface area contributed by atoms with E-state index in [-0.39, 0.29) is 24.8 Å². The number of rotatable bonds is 6. The maximum atomic E-state index is 11.6. The topological polar surface area (TPSA) is 74.3 Å². The van der Waals surface area contributed by atoms with E-state index in [4.69, 9.17) is 9.15 Å². The summed E-state index contributed by atoms with van der Waals surface area (Å²) < 4.78 is 11.0. The van der Waals surface area contributed by atoms with Gasteiger partial charge in [0.25, 0.3) is 0 Å². The van der Waals surface area contributed by atoms with Crippen LogP contribution < -0.4 is 5.76 Å². The van der Waals surface area contributed by atoms with Crippen LogP contribution in [0.1, 0.15) is 11.5 Å². The van der Waals surface area contributed by atoms with E-state index in [0.29, 0.717) is 6.61 Å². The van der Waals surface area contributed by atoms with Crippen molar-refractivity contribution in [3.05, 3.63) is 52.3 Å². The van der Waals surface area contributed by atoms with Gasteiger partial charge in [0.15, 0.2) is 5.78 Å². The van der Waals surface area contributed by atoms with Crippen molar-refractivity contribution in [2.45, 2.75) is 20.1 Å². The molecule has 6 heteroatoms. The fourth-order valence-electron chi connectivity index (χ4n) is 1.58. The predicted octanol–water partition coefficient (Wildman–Crippen LogP) is 0.931. The molecule has 0 unspecified atom stereocenters. The Balaban J connectivity index is 1.79. The standard InChI is InChI=1S/C13H14N2O4/c1-10-14-15(13(17)19-10)7-12(16)9-18-8-11-5-3-2-4-6-11/h2-6H,7-9H2,1H3. The molecule has 6 nitrogen and oxygen atoms in total. The van der Waals surface area contributed by atoms with Gasteiger partial charge in [-0.25, -0.2) is 4.79 Å². The van der Waals surface area contributed by atoms with Crippen LogP contribution >= 0.6 is 0 Å². The summed E-state index contributed by atoms with van der Waals surface area (Å²) >= 11 is 0. The van der Waals surface area contributed by atoms with Crippen LogP contribution in [0.15, 0.2) is 39.5 Å². The van der Waals surface area contributed by atoms with Gasteiger partial charge >= 0.3 is 5.76 Å². The first kappa shape index (κ1) is 13.2. The molecule has 0 saturated carbocycles. The summed E-state index contributed by atoms with van der Waals surface area (Å²) in [7, 11) is 0. The molecule has 19 heavy (non-hydrogen) atoms. The lowest BCUT2D eigenvalue weighted by molar-refractivity contribution is -0.124. The minimum absolute atomic E-state index is 0.0623. The van der Waals surface area contributed by atoms with Crippen molar-refractivity contribution in [2.24, 2.45) is 0 Å². The van der Waals surface area contributed by atoms with Gasteiger partial charge in [0.2, 0.25) is 5.89 Å². The largest absolute Gasteiger partial charge is 0.437 e. The van der Waals surface area contributed by atoms with Crippen LogP contribution in [0.2, 0.25) is 0 Å². The average Bonchev–Trinajstić information content (AvgIpc) is 2.69. The number of Topliss-reactive ketones (excluding diaryl/α,β-unsaturated/α-hetero) is 1. The van der Waals surface area contributed by atoms with Crippen molar-refractivity contribution in [3.63, 3.8) is 0 Å². The van der Waals surface area contributed by atoms with E-state index in [2.05, 4.69) is 5.10 Å². The molecular weight excluding hydrogens is 248 g/mol. The van der Waals surface area contributed by atoms with Crippen molar-refractivity contribution in [1.82, 2.24) is 9.78 Å². The van der Waals surface area contributed by atoms with E-state index in [1.807, 2.05) is 30.3 Å². The first-order valence-corrected chi connectivity index (χ1v) is 5.83. The molecule has 0 N–H and O–H groups in total. The highest BCUT2D eigenvalue weighted by Crippen LogP contribution is 2.00. The summed E-state index contributed by atoms with van der Waals surface area (Å²) in [6.07, 6.45) is 0. The molecule has 1 aromatic carbocycles. The van der Waals surface area contributed by atoms with Crippen LogP contribution in [-0.2, 0) is 22.7 Å². The molecule has 0 atom stereocenters. The van der Waals surface area contributed by atoms with Crippen molar-refractivity contribution in [2.75, 3.05) is 6.61 Å². The zero-order valence-electron chi connectivity index (χ0n) is 10.5. The highest BCUT2D eigenvalue weighted by atomic mass is 16.5. The number of aryl methyl sites for hydroxylation is 1. The van der Waals surface area contributed by atoms with Crippen molar-refractivity contribution in [3.8, 4) is 0 Å². The second-order valence-corrected chi connectivity index (χ2v) is 4.06. The van der Waals surface area contributed by atoms with Crippen LogP contribution in [0.5, 0.6) is 0 Å².